The fourth-order valence-electron chi connectivity index (χ4n) is 2.14. The van der Waals surface area contributed by atoms with E-state index in [9.17, 15) is 4.79 Å². The van der Waals surface area contributed by atoms with Crippen LogP contribution in [0.25, 0.3) is 0 Å². The number of hydrogen-bond donors (Lipinski definition) is 0. The second-order valence-electron chi connectivity index (χ2n) is 4.34. The van der Waals surface area contributed by atoms with Crippen molar-refractivity contribution < 1.29 is 4.79 Å². The van der Waals surface area contributed by atoms with Crippen molar-refractivity contribution in [3.05, 3.63) is 0 Å². The molecular formula is C10H17NO. The SMILES string of the molecule is CC1CCCN1C(=O)[C@H]1C[C@@H]1C. The van der Waals surface area contributed by atoms with Crippen molar-refractivity contribution >= 4 is 5.91 Å². The number of carbonyl (C=O) groups is 1. The molecule has 2 aliphatic rings. The Balaban J connectivity index is 1.95. The predicted octanol–water partition coefficient (Wildman–Crippen LogP) is 1.65. The minimum absolute atomic E-state index is 0.380. The summed E-state index contributed by atoms with van der Waals surface area (Å²) in [6.45, 7) is 5.34. The first-order valence-corrected chi connectivity index (χ1v) is 5.00. The minimum atomic E-state index is 0.380. The zero-order valence-electron chi connectivity index (χ0n) is 7.92. The quantitative estimate of drug-likeness (QED) is 0.581. The lowest BCUT2D eigenvalue weighted by molar-refractivity contribution is -0.133. The van der Waals surface area contributed by atoms with Crippen molar-refractivity contribution in [2.24, 2.45) is 11.8 Å². The van der Waals surface area contributed by atoms with Crippen LogP contribution in [0.4, 0.5) is 0 Å². The molecule has 2 rings (SSSR count). The maximum atomic E-state index is 11.8. The molecule has 0 spiro atoms. The van der Waals surface area contributed by atoms with Crippen molar-refractivity contribution in [1.82, 2.24) is 4.90 Å². The second-order valence-corrected chi connectivity index (χ2v) is 4.34. The van der Waals surface area contributed by atoms with Crippen LogP contribution in [0.3, 0.4) is 0 Å². The van der Waals surface area contributed by atoms with E-state index in [0.29, 0.717) is 23.8 Å². The van der Waals surface area contributed by atoms with Crippen molar-refractivity contribution in [3.8, 4) is 0 Å². The van der Waals surface area contributed by atoms with E-state index in [1.54, 1.807) is 0 Å². The Labute approximate surface area is 73.9 Å². The molecule has 2 nitrogen and oxygen atoms in total. The van der Waals surface area contributed by atoms with E-state index < -0.39 is 0 Å². The highest BCUT2D eigenvalue weighted by atomic mass is 16.2. The van der Waals surface area contributed by atoms with Crippen LogP contribution in [0.2, 0.25) is 0 Å². The maximum absolute atomic E-state index is 11.8. The van der Waals surface area contributed by atoms with E-state index >= 15 is 0 Å². The van der Waals surface area contributed by atoms with E-state index in [0.717, 1.165) is 13.0 Å². The van der Waals surface area contributed by atoms with E-state index in [1.165, 1.54) is 12.8 Å². The van der Waals surface area contributed by atoms with Crippen LogP contribution in [0.5, 0.6) is 0 Å². The van der Waals surface area contributed by atoms with Crippen LogP contribution >= 0.6 is 0 Å². The predicted molar refractivity (Wildman–Crippen MR) is 47.7 cm³/mol. The molecule has 1 amide bonds. The standard InChI is InChI=1S/C10H17NO/c1-7-6-9(7)10(12)11-5-3-4-8(11)2/h7-9H,3-6H2,1-2H3/t7-,8?,9-/m0/s1. The molecule has 0 radical (unpaired) electrons. The van der Waals surface area contributed by atoms with Gasteiger partial charge in [0.05, 0.1) is 0 Å². The molecule has 0 aromatic heterocycles. The Kier molecular flexibility index (Phi) is 1.85. The summed E-state index contributed by atoms with van der Waals surface area (Å²) in [5, 5.41) is 0. The lowest BCUT2D eigenvalue weighted by Crippen LogP contribution is -2.35. The summed E-state index contributed by atoms with van der Waals surface area (Å²) >= 11 is 0. The molecule has 2 fully saturated rings. The van der Waals surface area contributed by atoms with Crippen LogP contribution in [-0.2, 0) is 4.79 Å². The molecular weight excluding hydrogens is 150 g/mol. The Morgan fingerprint density at radius 3 is 2.50 bits per heavy atom. The zero-order valence-corrected chi connectivity index (χ0v) is 7.92. The third-order valence-electron chi connectivity index (χ3n) is 3.26. The molecule has 1 saturated carbocycles. The number of amides is 1. The monoisotopic (exact) mass is 167 g/mol. The summed E-state index contributed by atoms with van der Waals surface area (Å²) in [6.07, 6.45) is 3.53. The van der Waals surface area contributed by atoms with Gasteiger partial charge < -0.3 is 4.90 Å². The molecule has 1 aliphatic carbocycles. The van der Waals surface area contributed by atoms with Gasteiger partial charge in [0.25, 0.3) is 0 Å². The summed E-state index contributed by atoms with van der Waals surface area (Å²) in [4.78, 5) is 13.8. The van der Waals surface area contributed by atoms with E-state index in [-0.39, 0.29) is 0 Å². The number of nitrogens with zero attached hydrogens (tertiary/aromatic N) is 1. The van der Waals surface area contributed by atoms with Crippen molar-refractivity contribution in [2.75, 3.05) is 6.54 Å². The van der Waals surface area contributed by atoms with Gasteiger partial charge in [-0.15, -0.1) is 0 Å². The molecule has 1 saturated heterocycles. The number of rotatable bonds is 1. The van der Waals surface area contributed by atoms with Gasteiger partial charge in [-0.1, -0.05) is 6.92 Å². The van der Waals surface area contributed by atoms with Gasteiger partial charge >= 0.3 is 0 Å². The Hall–Kier alpha value is -0.530. The average molecular weight is 167 g/mol. The average Bonchev–Trinajstić information content (AvgIpc) is 2.59. The molecule has 3 atom stereocenters. The van der Waals surface area contributed by atoms with E-state index in [2.05, 4.69) is 18.7 Å². The molecule has 0 aromatic carbocycles. The minimum Gasteiger partial charge on any atom is -0.340 e. The van der Waals surface area contributed by atoms with Crippen molar-refractivity contribution in [3.63, 3.8) is 0 Å². The van der Waals surface area contributed by atoms with Gasteiger partial charge in [-0.25, -0.2) is 0 Å². The number of likely N-dealkylation sites (tertiary alicyclic amines) is 1. The highest BCUT2D eigenvalue weighted by Crippen LogP contribution is 2.40. The molecule has 12 heavy (non-hydrogen) atoms. The first kappa shape index (κ1) is 8.09. The summed E-state index contributed by atoms with van der Waals surface area (Å²) in [6, 6.07) is 0.505. The Bertz CT molecular complexity index is 202. The lowest BCUT2D eigenvalue weighted by atomic mass is 10.2. The van der Waals surface area contributed by atoms with E-state index in [1.807, 2.05) is 0 Å². The summed E-state index contributed by atoms with van der Waals surface area (Å²) in [5.41, 5.74) is 0. The highest BCUT2D eigenvalue weighted by molar-refractivity contribution is 5.82. The molecule has 1 unspecified atom stereocenters. The third kappa shape index (κ3) is 1.23. The number of carbonyl (C=O) groups excluding carboxylic acids is 1. The van der Waals surface area contributed by atoms with Crippen LogP contribution in [-0.4, -0.2) is 23.4 Å². The second kappa shape index (κ2) is 2.75. The normalized spacial score (nSPS) is 40.2. The first-order chi connectivity index (χ1) is 5.70. The van der Waals surface area contributed by atoms with Crippen LogP contribution in [0.15, 0.2) is 0 Å². The Morgan fingerprint density at radius 1 is 1.42 bits per heavy atom. The fourth-order valence-corrected chi connectivity index (χ4v) is 2.14. The van der Waals surface area contributed by atoms with Gasteiger partial charge in [-0.3, -0.25) is 4.79 Å². The smallest absolute Gasteiger partial charge is 0.226 e. The lowest BCUT2D eigenvalue weighted by Gasteiger charge is -2.21. The van der Waals surface area contributed by atoms with Gasteiger partial charge in [0.1, 0.15) is 0 Å². The molecule has 2 heteroatoms. The van der Waals surface area contributed by atoms with Gasteiger partial charge in [-0.2, -0.15) is 0 Å². The largest absolute Gasteiger partial charge is 0.340 e. The topological polar surface area (TPSA) is 20.3 Å². The fraction of sp³-hybridized carbons (Fsp3) is 0.900. The first-order valence-electron chi connectivity index (χ1n) is 5.00. The van der Waals surface area contributed by atoms with Crippen LogP contribution in [0.1, 0.15) is 33.1 Å². The molecule has 1 heterocycles. The molecule has 0 N–H and O–H groups in total. The Morgan fingerprint density at radius 2 is 2.08 bits per heavy atom. The van der Waals surface area contributed by atoms with Gasteiger partial charge in [0.2, 0.25) is 5.91 Å². The highest BCUT2D eigenvalue weighted by Gasteiger charge is 2.43. The summed E-state index contributed by atoms with van der Waals surface area (Å²) in [7, 11) is 0. The molecule has 1 aliphatic heterocycles. The maximum Gasteiger partial charge on any atom is 0.226 e. The van der Waals surface area contributed by atoms with Crippen LogP contribution < -0.4 is 0 Å². The number of hydrogen-bond acceptors (Lipinski definition) is 1. The molecule has 0 aromatic rings. The van der Waals surface area contributed by atoms with Crippen molar-refractivity contribution in [2.45, 2.75) is 39.2 Å². The zero-order chi connectivity index (χ0) is 8.72. The van der Waals surface area contributed by atoms with Gasteiger partial charge in [0.15, 0.2) is 0 Å². The van der Waals surface area contributed by atoms with Gasteiger partial charge in [-0.05, 0) is 32.1 Å². The summed E-state index contributed by atoms with van der Waals surface area (Å²) in [5.74, 6) is 1.46. The van der Waals surface area contributed by atoms with Crippen LogP contribution in [0, 0.1) is 11.8 Å². The third-order valence-corrected chi connectivity index (χ3v) is 3.26. The van der Waals surface area contributed by atoms with E-state index in [4.69, 9.17) is 0 Å². The summed E-state index contributed by atoms with van der Waals surface area (Å²) < 4.78 is 0. The van der Waals surface area contributed by atoms with Crippen molar-refractivity contribution in [1.29, 1.82) is 0 Å². The van der Waals surface area contributed by atoms with Gasteiger partial charge in [0, 0.05) is 18.5 Å². The molecule has 0 bridgehead atoms. The molecule has 68 valence electrons.